The Morgan fingerprint density at radius 2 is 1.80 bits per heavy atom. The summed E-state index contributed by atoms with van der Waals surface area (Å²) in [5.41, 5.74) is 0.360. The van der Waals surface area contributed by atoms with E-state index < -0.39 is 5.56 Å². The van der Waals surface area contributed by atoms with Crippen molar-refractivity contribution in [2.45, 2.75) is 32.1 Å². The van der Waals surface area contributed by atoms with E-state index in [4.69, 9.17) is 30.5 Å². The van der Waals surface area contributed by atoms with Gasteiger partial charge in [-0.15, -0.1) is 0 Å². The molecule has 1 aliphatic rings. The number of carbonyl (C=O) groups excluding carboxylic acids is 1. The molecule has 1 saturated heterocycles. The Kier molecular flexibility index (Phi) is 7.96. The molecule has 0 N–H and O–H groups in total. The Morgan fingerprint density at radius 1 is 1.13 bits per heavy atom. The molecular weight excluding hydrogens is 406 g/mol. The molecule has 0 spiro atoms. The molecule has 0 radical (unpaired) electrons. The van der Waals surface area contributed by atoms with Crippen molar-refractivity contribution in [3.8, 4) is 11.5 Å². The normalized spacial score (nSPS) is 22.2. The molecule has 1 heterocycles. The van der Waals surface area contributed by atoms with Crippen LogP contribution in [0.3, 0.4) is 0 Å². The number of hydrogen-bond acceptors (Lipinski definition) is 5. The Bertz CT molecular complexity index is 816. The van der Waals surface area contributed by atoms with Gasteiger partial charge in [0.25, 0.3) is 0 Å². The van der Waals surface area contributed by atoms with E-state index in [-0.39, 0.29) is 16.7 Å². The van der Waals surface area contributed by atoms with Gasteiger partial charge in [0.05, 0.1) is 13.2 Å². The maximum absolute atomic E-state index is 13.0. The number of alkyl halides is 1. The van der Waals surface area contributed by atoms with Crippen molar-refractivity contribution < 1.29 is 28.2 Å². The minimum Gasteiger partial charge on any atom is -0.490 e. The molecule has 2 aromatic rings. The maximum Gasteiger partial charge on any atom is 0.517 e. The van der Waals surface area contributed by atoms with Crippen LogP contribution in [0.2, 0.25) is 0 Å². The van der Waals surface area contributed by atoms with E-state index in [1.165, 1.54) is 0 Å². The van der Waals surface area contributed by atoms with E-state index in [0.717, 1.165) is 5.56 Å². The van der Waals surface area contributed by atoms with Crippen LogP contribution in [0.25, 0.3) is 0 Å². The van der Waals surface area contributed by atoms with Crippen molar-refractivity contribution in [2.75, 3.05) is 32.9 Å². The summed E-state index contributed by atoms with van der Waals surface area (Å²) in [6.45, 7) is 6.34. The highest BCUT2D eigenvalue weighted by Crippen LogP contribution is 2.28. The Labute approximate surface area is 182 Å². The first-order valence-electron chi connectivity index (χ1n) is 10.2. The number of nitrogens with zero attached hydrogens (tertiary/aromatic N) is 1. The van der Waals surface area contributed by atoms with Crippen LogP contribution in [-0.2, 0) is 16.0 Å². The lowest BCUT2D eigenvalue weighted by molar-refractivity contribution is -0.883. The van der Waals surface area contributed by atoms with Gasteiger partial charge in [0.15, 0.2) is 17.1 Å². The number of rotatable bonds is 8. The van der Waals surface area contributed by atoms with Crippen molar-refractivity contribution in [1.29, 1.82) is 0 Å². The van der Waals surface area contributed by atoms with Crippen molar-refractivity contribution in [3.63, 3.8) is 0 Å². The molecule has 162 valence electrons. The lowest BCUT2D eigenvalue weighted by Gasteiger charge is -2.40. The van der Waals surface area contributed by atoms with E-state index in [2.05, 4.69) is 0 Å². The minimum atomic E-state index is -0.695. The van der Waals surface area contributed by atoms with E-state index in [0.29, 0.717) is 51.0 Å². The summed E-state index contributed by atoms with van der Waals surface area (Å²) < 4.78 is 23.1. The van der Waals surface area contributed by atoms with Gasteiger partial charge in [0.2, 0.25) is 0 Å². The Hall–Kier alpha value is -2.28. The third-order valence-corrected chi connectivity index (χ3v) is 5.07. The van der Waals surface area contributed by atoms with Crippen LogP contribution in [0.1, 0.15) is 19.4 Å². The molecule has 30 heavy (non-hydrogen) atoms. The molecule has 0 aromatic heterocycles. The molecule has 3 atom stereocenters. The number of hydrogen-bond donors (Lipinski definition) is 0. The molecule has 1 fully saturated rings. The minimum absolute atomic E-state index is 0.113. The van der Waals surface area contributed by atoms with Gasteiger partial charge in [-0.05, 0) is 26.0 Å². The fourth-order valence-corrected chi connectivity index (χ4v) is 3.69. The first-order valence-corrected chi connectivity index (χ1v) is 10.7. The average Bonchev–Trinajstić information content (AvgIpc) is 2.74. The molecule has 3 rings (SSSR count). The summed E-state index contributed by atoms with van der Waals surface area (Å²) >= 11 is 5.96. The van der Waals surface area contributed by atoms with Crippen LogP contribution >= 0.6 is 11.6 Å². The molecule has 3 unspecified atom stereocenters. The average molecular weight is 435 g/mol. The summed E-state index contributed by atoms with van der Waals surface area (Å²) in [6, 6.07) is 17.4. The van der Waals surface area contributed by atoms with Crippen LogP contribution in [0.5, 0.6) is 11.5 Å². The number of amides is 1. The standard InChI is InChI=1S/C23H29ClNO5/c1-3-27-21-11-7-8-12-22(21)29-17-20-16-25(13-14-28-20,23(26)30-18(2)24)15-19-9-5-4-6-10-19/h4-12,18,20H,3,13-17H2,1-2H3/q+1. The molecule has 7 heteroatoms. The van der Waals surface area contributed by atoms with Crippen LogP contribution < -0.4 is 9.47 Å². The molecule has 6 nitrogen and oxygen atoms in total. The monoisotopic (exact) mass is 434 g/mol. The van der Waals surface area contributed by atoms with E-state index in [1.54, 1.807) is 6.92 Å². The predicted molar refractivity (Wildman–Crippen MR) is 115 cm³/mol. The van der Waals surface area contributed by atoms with Gasteiger partial charge in [-0.1, -0.05) is 54.1 Å². The van der Waals surface area contributed by atoms with Crippen LogP contribution in [0.4, 0.5) is 4.79 Å². The SMILES string of the molecule is CCOc1ccccc1OCC1C[N+](Cc2ccccc2)(C(=O)OC(C)Cl)CCO1. The number of quaternary nitrogens is 1. The Balaban J connectivity index is 1.74. The van der Waals surface area contributed by atoms with Crippen molar-refractivity contribution >= 4 is 17.7 Å². The fraction of sp³-hybridized carbons (Fsp3) is 0.435. The molecule has 0 aliphatic carbocycles. The highest BCUT2D eigenvalue weighted by atomic mass is 35.5. The zero-order valence-electron chi connectivity index (χ0n) is 17.5. The number of benzene rings is 2. The van der Waals surface area contributed by atoms with Gasteiger partial charge >= 0.3 is 6.09 Å². The molecule has 1 aliphatic heterocycles. The van der Waals surface area contributed by atoms with E-state index in [9.17, 15) is 4.79 Å². The molecular formula is C23H29ClNO5+. The predicted octanol–water partition coefficient (Wildman–Crippen LogP) is 4.60. The largest absolute Gasteiger partial charge is 0.517 e. The molecule has 2 aromatic carbocycles. The summed E-state index contributed by atoms with van der Waals surface area (Å²) in [5, 5.41) is 0. The van der Waals surface area contributed by atoms with Crippen LogP contribution in [-0.4, -0.2) is 55.2 Å². The Morgan fingerprint density at radius 3 is 2.47 bits per heavy atom. The summed E-state index contributed by atoms with van der Waals surface area (Å²) in [5.74, 6) is 1.35. The van der Waals surface area contributed by atoms with Crippen molar-refractivity contribution in [3.05, 3.63) is 60.2 Å². The van der Waals surface area contributed by atoms with Gasteiger partial charge in [-0.25, -0.2) is 4.48 Å². The smallest absolute Gasteiger partial charge is 0.490 e. The summed E-state index contributed by atoms with van der Waals surface area (Å²) in [4.78, 5) is 13.0. The zero-order valence-corrected chi connectivity index (χ0v) is 18.2. The van der Waals surface area contributed by atoms with E-state index in [1.807, 2.05) is 61.5 Å². The van der Waals surface area contributed by atoms with Crippen LogP contribution in [0, 0.1) is 0 Å². The van der Waals surface area contributed by atoms with Crippen LogP contribution in [0.15, 0.2) is 54.6 Å². The van der Waals surface area contributed by atoms with Gasteiger partial charge in [0.1, 0.15) is 32.3 Å². The summed E-state index contributed by atoms with van der Waals surface area (Å²) in [6.07, 6.45) is -0.611. The number of ether oxygens (including phenoxy) is 4. The number of carbonyl (C=O) groups is 1. The van der Waals surface area contributed by atoms with Crippen molar-refractivity contribution in [2.24, 2.45) is 0 Å². The number of halogens is 1. The topological polar surface area (TPSA) is 54.0 Å². The lowest BCUT2D eigenvalue weighted by atomic mass is 10.1. The highest BCUT2D eigenvalue weighted by Gasteiger charge is 2.45. The lowest BCUT2D eigenvalue weighted by Crippen LogP contribution is -2.62. The van der Waals surface area contributed by atoms with E-state index >= 15 is 0 Å². The second kappa shape index (κ2) is 10.7. The third-order valence-electron chi connectivity index (χ3n) is 4.98. The first kappa shape index (κ1) is 22.4. The molecule has 0 bridgehead atoms. The van der Waals surface area contributed by atoms with Gasteiger partial charge in [-0.3, -0.25) is 0 Å². The van der Waals surface area contributed by atoms with Gasteiger partial charge < -0.3 is 18.9 Å². The second-order valence-electron chi connectivity index (χ2n) is 7.31. The quantitative estimate of drug-likeness (QED) is 0.449. The zero-order chi connectivity index (χ0) is 21.4. The number of para-hydroxylation sites is 2. The highest BCUT2D eigenvalue weighted by molar-refractivity contribution is 6.19. The van der Waals surface area contributed by atoms with Gasteiger partial charge in [-0.2, -0.15) is 4.79 Å². The first-order chi connectivity index (χ1) is 14.5. The molecule has 0 saturated carbocycles. The third kappa shape index (κ3) is 5.88. The summed E-state index contributed by atoms with van der Waals surface area (Å²) in [7, 11) is 0. The maximum atomic E-state index is 13.0. The number of morpholine rings is 1. The molecule has 1 amide bonds. The second-order valence-corrected chi connectivity index (χ2v) is 7.92. The fourth-order valence-electron chi connectivity index (χ4n) is 3.61. The van der Waals surface area contributed by atoms with Crippen molar-refractivity contribution in [1.82, 2.24) is 0 Å². The van der Waals surface area contributed by atoms with Gasteiger partial charge in [0, 0.05) is 5.56 Å².